The number of anilines is 1. The fourth-order valence-corrected chi connectivity index (χ4v) is 3.80. The average molecular weight is 414 g/mol. The number of hydrogen-bond donors (Lipinski definition) is 1. The Morgan fingerprint density at radius 2 is 1.58 bits per heavy atom. The average Bonchev–Trinajstić information content (AvgIpc) is 2.98. The molecule has 0 fully saturated rings. The normalized spacial score (nSPS) is 13.8. The summed E-state index contributed by atoms with van der Waals surface area (Å²) in [5.41, 5.74) is 4.88. The summed E-state index contributed by atoms with van der Waals surface area (Å²) in [6.45, 7) is 4.19. The van der Waals surface area contributed by atoms with Crippen LogP contribution in [0.15, 0.2) is 78.5 Å². The largest absolute Gasteiger partial charge is 0.350 e. The Balaban J connectivity index is 1.70. The number of amides is 2. The van der Waals surface area contributed by atoms with Gasteiger partial charge in [-0.05, 0) is 61.2 Å². The number of imide groups is 1. The van der Waals surface area contributed by atoms with E-state index >= 15 is 0 Å². The van der Waals surface area contributed by atoms with Gasteiger partial charge in [0.05, 0.1) is 5.57 Å². The lowest BCUT2D eigenvalue weighted by atomic mass is 9.97. The highest BCUT2D eigenvalue weighted by Crippen LogP contribution is 2.32. The molecule has 4 rings (SSSR count). The Bertz CT molecular complexity index is 1170. The molecule has 31 heavy (non-hydrogen) atoms. The van der Waals surface area contributed by atoms with Crippen LogP contribution in [0.2, 0.25) is 0 Å². The van der Waals surface area contributed by atoms with Crippen molar-refractivity contribution in [3.05, 3.63) is 107 Å². The second-order valence-electron chi connectivity index (χ2n) is 7.70. The van der Waals surface area contributed by atoms with Crippen molar-refractivity contribution in [1.82, 2.24) is 4.90 Å². The molecular weight excluding hydrogens is 391 g/mol. The zero-order valence-corrected chi connectivity index (χ0v) is 17.5. The summed E-state index contributed by atoms with van der Waals surface area (Å²) < 4.78 is 13.3. The van der Waals surface area contributed by atoms with Gasteiger partial charge in [-0.3, -0.25) is 14.5 Å². The summed E-state index contributed by atoms with van der Waals surface area (Å²) in [5, 5.41) is 3.07. The van der Waals surface area contributed by atoms with E-state index in [4.69, 9.17) is 0 Å². The van der Waals surface area contributed by atoms with E-state index in [2.05, 4.69) is 5.32 Å². The van der Waals surface area contributed by atoms with Crippen molar-refractivity contribution in [3.63, 3.8) is 0 Å². The summed E-state index contributed by atoms with van der Waals surface area (Å²) in [4.78, 5) is 27.9. The number of halogens is 1. The molecule has 1 N–H and O–H groups in total. The molecule has 0 spiro atoms. The lowest BCUT2D eigenvalue weighted by molar-refractivity contribution is -0.136. The fraction of sp³-hybridized carbons (Fsp3) is 0.154. The zero-order valence-electron chi connectivity index (χ0n) is 17.5. The number of carbonyl (C=O) groups is 2. The van der Waals surface area contributed by atoms with Crippen LogP contribution < -0.4 is 5.32 Å². The fourth-order valence-electron chi connectivity index (χ4n) is 3.80. The summed E-state index contributed by atoms with van der Waals surface area (Å²) in [7, 11) is 0. The second-order valence-corrected chi connectivity index (χ2v) is 7.70. The topological polar surface area (TPSA) is 49.4 Å². The molecule has 3 aromatic carbocycles. The molecule has 1 aliphatic rings. The van der Waals surface area contributed by atoms with E-state index in [1.807, 2.05) is 62.4 Å². The Morgan fingerprint density at radius 1 is 0.871 bits per heavy atom. The van der Waals surface area contributed by atoms with E-state index in [9.17, 15) is 14.0 Å². The number of nitrogens with zero attached hydrogens (tertiary/aromatic N) is 1. The lowest BCUT2D eigenvalue weighted by Gasteiger charge is -2.15. The molecule has 1 aliphatic heterocycles. The van der Waals surface area contributed by atoms with Crippen molar-refractivity contribution < 1.29 is 14.0 Å². The minimum Gasteiger partial charge on any atom is -0.350 e. The highest BCUT2D eigenvalue weighted by molar-refractivity contribution is 6.36. The molecule has 0 aliphatic carbocycles. The molecule has 0 atom stereocenters. The van der Waals surface area contributed by atoms with Gasteiger partial charge in [-0.15, -0.1) is 0 Å². The monoisotopic (exact) mass is 414 g/mol. The summed E-state index contributed by atoms with van der Waals surface area (Å²) in [6.07, 6.45) is 0.572. The molecule has 156 valence electrons. The Morgan fingerprint density at radius 3 is 2.26 bits per heavy atom. The minimum atomic E-state index is -0.375. The first-order valence-corrected chi connectivity index (χ1v) is 10.2. The molecule has 0 bridgehead atoms. The molecule has 0 saturated heterocycles. The third-order valence-corrected chi connectivity index (χ3v) is 5.40. The van der Waals surface area contributed by atoms with Crippen molar-refractivity contribution in [3.8, 4) is 0 Å². The molecule has 0 aromatic heterocycles. The van der Waals surface area contributed by atoms with Crippen LogP contribution in [0.25, 0.3) is 5.57 Å². The molecule has 3 aromatic rings. The van der Waals surface area contributed by atoms with Crippen molar-refractivity contribution in [2.75, 3.05) is 11.9 Å². The molecular formula is C26H23FN2O2. The quantitative estimate of drug-likeness (QED) is 0.585. The van der Waals surface area contributed by atoms with E-state index in [-0.39, 0.29) is 29.9 Å². The van der Waals surface area contributed by atoms with E-state index < -0.39 is 0 Å². The first-order valence-electron chi connectivity index (χ1n) is 10.2. The number of aryl methyl sites for hydroxylation is 2. The first-order chi connectivity index (χ1) is 14.9. The summed E-state index contributed by atoms with van der Waals surface area (Å²) in [5.74, 6) is -1.06. The molecule has 1 heterocycles. The molecule has 5 heteroatoms. The van der Waals surface area contributed by atoms with Crippen LogP contribution in [-0.4, -0.2) is 23.3 Å². The number of nitrogens with one attached hydrogen (secondary N) is 1. The van der Waals surface area contributed by atoms with Crippen LogP contribution in [0.5, 0.6) is 0 Å². The lowest BCUT2D eigenvalue weighted by Crippen LogP contribution is -2.34. The molecule has 0 radical (unpaired) electrons. The maximum atomic E-state index is 13.4. The van der Waals surface area contributed by atoms with Crippen LogP contribution in [0.1, 0.15) is 22.3 Å². The van der Waals surface area contributed by atoms with Crippen LogP contribution in [-0.2, 0) is 16.0 Å². The van der Waals surface area contributed by atoms with Crippen LogP contribution in [0, 0.1) is 19.7 Å². The number of carbonyl (C=O) groups excluding carboxylic acids is 2. The molecule has 4 nitrogen and oxygen atoms in total. The summed E-state index contributed by atoms with van der Waals surface area (Å²) in [6, 6.07) is 21.3. The number of hydrogen-bond acceptors (Lipinski definition) is 3. The van der Waals surface area contributed by atoms with E-state index in [1.165, 1.54) is 17.0 Å². The van der Waals surface area contributed by atoms with Gasteiger partial charge in [0.1, 0.15) is 11.5 Å². The highest BCUT2D eigenvalue weighted by Gasteiger charge is 2.39. The van der Waals surface area contributed by atoms with Gasteiger partial charge in [-0.1, -0.05) is 54.1 Å². The number of benzene rings is 3. The second kappa shape index (κ2) is 8.56. The smallest absolute Gasteiger partial charge is 0.278 e. The molecule has 0 unspecified atom stereocenters. The van der Waals surface area contributed by atoms with Crippen LogP contribution >= 0.6 is 0 Å². The SMILES string of the molecule is Cc1ccc(C2=C(Nc3ccc(F)cc3)C(=O)N(CCc3ccccc3)C2=O)c(C)c1. The van der Waals surface area contributed by atoms with Gasteiger partial charge in [0.15, 0.2) is 0 Å². The third kappa shape index (κ3) is 4.26. The molecule has 0 saturated carbocycles. The van der Waals surface area contributed by atoms with E-state index in [0.717, 1.165) is 22.3 Å². The Labute approximate surface area is 181 Å². The van der Waals surface area contributed by atoms with Crippen molar-refractivity contribution in [1.29, 1.82) is 0 Å². The van der Waals surface area contributed by atoms with Gasteiger partial charge in [-0.2, -0.15) is 0 Å². The van der Waals surface area contributed by atoms with Gasteiger partial charge in [-0.25, -0.2) is 4.39 Å². The molecule has 2 amide bonds. The minimum absolute atomic E-state index is 0.219. The summed E-state index contributed by atoms with van der Waals surface area (Å²) >= 11 is 0. The maximum Gasteiger partial charge on any atom is 0.278 e. The van der Waals surface area contributed by atoms with Gasteiger partial charge in [0, 0.05) is 12.2 Å². The number of rotatable bonds is 6. The van der Waals surface area contributed by atoms with Crippen molar-refractivity contribution in [2.24, 2.45) is 0 Å². The van der Waals surface area contributed by atoms with Crippen molar-refractivity contribution >= 4 is 23.1 Å². The Hall–Kier alpha value is -3.73. The predicted octanol–water partition coefficient (Wildman–Crippen LogP) is 4.88. The maximum absolute atomic E-state index is 13.4. The van der Waals surface area contributed by atoms with Crippen LogP contribution in [0.4, 0.5) is 10.1 Å². The van der Waals surface area contributed by atoms with Crippen LogP contribution in [0.3, 0.4) is 0 Å². The standard InChI is InChI=1S/C26H23FN2O2/c1-17-8-13-22(18(2)16-17)23-24(28-21-11-9-20(27)10-12-21)26(31)29(25(23)30)15-14-19-6-4-3-5-7-19/h3-13,16,28H,14-15H2,1-2H3. The van der Waals surface area contributed by atoms with Gasteiger partial charge >= 0.3 is 0 Å². The highest BCUT2D eigenvalue weighted by atomic mass is 19.1. The third-order valence-electron chi connectivity index (χ3n) is 5.40. The van der Waals surface area contributed by atoms with E-state index in [0.29, 0.717) is 17.7 Å². The van der Waals surface area contributed by atoms with Gasteiger partial charge in [0.25, 0.3) is 11.8 Å². The first kappa shape index (κ1) is 20.5. The van der Waals surface area contributed by atoms with Crippen molar-refractivity contribution in [2.45, 2.75) is 20.3 Å². The van der Waals surface area contributed by atoms with Gasteiger partial charge in [0.2, 0.25) is 0 Å². The predicted molar refractivity (Wildman–Crippen MR) is 120 cm³/mol. The van der Waals surface area contributed by atoms with E-state index in [1.54, 1.807) is 12.1 Å². The van der Waals surface area contributed by atoms with Gasteiger partial charge < -0.3 is 5.32 Å². The Kier molecular flexibility index (Phi) is 5.67. The zero-order chi connectivity index (χ0) is 22.0.